The summed E-state index contributed by atoms with van der Waals surface area (Å²) in [4.78, 5) is 0.182. The Hall–Kier alpha value is -2.00. The molecule has 0 amide bonds. The molecule has 3 atom stereocenters. The lowest BCUT2D eigenvalue weighted by Gasteiger charge is -2.22. The summed E-state index contributed by atoms with van der Waals surface area (Å²) >= 11 is 0. The molecule has 2 saturated carbocycles. The van der Waals surface area contributed by atoms with Crippen molar-refractivity contribution in [3.63, 3.8) is 0 Å². The highest BCUT2D eigenvalue weighted by Crippen LogP contribution is 2.48. The molecule has 2 aliphatic carbocycles. The van der Waals surface area contributed by atoms with E-state index in [1.54, 1.807) is 6.07 Å². The Kier molecular flexibility index (Phi) is 4.20. The zero-order chi connectivity index (χ0) is 17.4. The molecule has 1 aromatic carbocycles. The van der Waals surface area contributed by atoms with E-state index < -0.39 is 10.0 Å². The van der Waals surface area contributed by atoms with E-state index in [0.29, 0.717) is 29.8 Å². The number of nitrogens with one attached hydrogen (secondary N) is 1. The molecule has 8 nitrogen and oxygen atoms in total. The van der Waals surface area contributed by atoms with Crippen LogP contribution >= 0.6 is 0 Å². The Labute approximate surface area is 146 Å². The number of methoxy groups -OCH3 is 1. The molecule has 25 heavy (non-hydrogen) atoms. The van der Waals surface area contributed by atoms with Gasteiger partial charge in [-0.3, -0.25) is 0 Å². The van der Waals surface area contributed by atoms with Crippen molar-refractivity contribution in [3.05, 3.63) is 24.5 Å². The average molecular weight is 363 g/mol. The third-order valence-electron chi connectivity index (χ3n) is 5.48. The van der Waals surface area contributed by atoms with Gasteiger partial charge in [0.2, 0.25) is 10.0 Å². The maximum atomic E-state index is 12.7. The normalized spacial score (nSPS) is 25.4. The first-order valence-electron chi connectivity index (χ1n) is 8.48. The molecule has 134 valence electrons. The van der Waals surface area contributed by atoms with E-state index in [2.05, 4.69) is 20.2 Å². The summed E-state index contributed by atoms with van der Waals surface area (Å²) in [6.45, 7) is 0.510. The van der Waals surface area contributed by atoms with Crippen LogP contribution in [-0.2, 0) is 10.0 Å². The summed E-state index contributed by atoms with van der Waals surface area (Å²) in [6.07, 6.45) is 6.35. The SMILES string of the molecule is COc1ccc(S(=O)(=O)NC[C@H]2C[C@H]3CC[C@H]2C3)cc1-n1cnnn1. The lowest BCUT2D eigenvalue weighted by atomic mass is 9.89. The largest absolute Gasteiger partial charge is 0.494 e. The fourth-order valence-electron chi connectivity index (χ4n) is 4.21. The molecule has 2 aliphatic rings. The topological polar surface area (TPSA) is 99.0 Å². The van der Waals surface area contributed by atoms with Gasteiger partial charge in [0, 0.05) is 6.54 Å². The minimum absolute atomic E-state index is 0.182. The van der Waals surface area contributed by atoms with Gasteiger partial charge in [0.1, 0.15) is 17.8 Å². The van der Waals surface area contributed by atoms with Crippen molar-refractivity contribution in [1.82, 2.24) is 24.9 Å². The van der Waals surface area contributed by atoms with Crippen molar-refractivity contribution in [3.8, 4) is 11.4 Å². The number of hydrogen-bond acceptors (Lipinski definition) is 6. The summed E-state index contributed by atoms with van der Waals surface area (Å²) < 4.78 is 34.9. The van der Waals surface area contributed by atoms with Gasteiger partial charge in [0.05, 0.1) is 12.0 Å². The highest BCUT2D eigenvalue weighted by atomic mass is 32.2. The Morgan fingerprint density at radius 1 is 1.32 bits per heavy atom. The van der Waals surface area contributed by atoms with Crippen molar-refractivity contribution in [2.45, 2.75) is 30.6 Å². The molecule has 2 fully saturated rings. The average Bonchev–Trinajstić information content (AvgIpc) is 3.36. The van der Waals surface area contributed by atoms with Gasteiger partial charge in [0.25, 0.3) is 0 Å². The van der Waals surface area contributed by atoms with Crippen LogP contribution in [0.3, 0.4) is 0 Å². The van der Waals surface area contributed by atoms with E-state index in [1.165, 1.54) is 49.5 Å². The smallest absolute Gasteiger partial charge is 0.240 e. The molecule has 1 N–H and O–H groups in total. The summed E-state index contributed by atoms with van der Waals surface area (Å²) in [5.74, 6) is 2.44. The van der Waals surface area contributed by atoms with Crippen LogP contribution in [0.4, 0.5) is 0 Å². The van der Waals surface area contributed by atoms with Gasteiger partial charge in [-0.1, -0.05) is 6.42 Å². The van der Waals surface area contributed by atoms with Crippen LogP contribution in [-0.4, -0.2) is 42.3 Å². The number of tetrazole rings is 1. The van der Waals surface area contributed by atoms with Crippen LogP contribution in [0.2, 0.25) is 0 Å². The molecular formula is C16H21N5O3S. The number of fused-ring (bicyclic) bond motifs is 2. The Balaban J connectivity index is 1.54. The number of aromatic nitrogens is 4. The second-order valence-electron chi connectivity index (χ2n) is 6.87. The van der Waals surface area contributed by atoms with Crippen molar-refractivity contribution in [1.29, 1.82) is 0 Å². The molecule has 0 radical (unpaired) electrons. The predicted octanol–water partition coefficient (Wildman–Crippen LogP) is 1.39. The number of rotatable bonds is 6. The zero-order valence-corrected chi connectivity index (χ0v) is 14.8. The van der Waals surface area contributed by atoms with E-state index in [-0.39, 0.29) is 4.90 Å². The fourth-order valence-corrected chi connectivity index (χ4v) is 5.33. The second-order valence-corrected chi connectivity index (χ2v) is 8.64. The van der Waals surface area contributed by atoms with Crippen LogP contribution in [0.5, 0.6) is 5.75 Å². The molecule has 4 rings (SSSR count). The van der Waals surface area contributed by atoms with E-state index in [9.17, 15) is 8.42 Å². The molecular weight excluding hydrogens is 342 g/mol. The number of benzene rings is 1. The third kappa shape index (κ3) is 3.13. The monoisotopic (exact) mass is 363 g/mol. The number of nitrogens with zero attached hydrogens (tertiary/aromatic N) is 4. The van der Waals surface area contributed by atoms with Crippen LogP contribution in [0.15, 0.2) is 29.4 Å². The summed E-state index contributed by atoms with van der Waals surface area (Å²) in [5, 5.41) is 11.0. The maximum Gasteiger partial charge on any atom is 0.240 e. The van der Waals surface area contributed by atoms with Gasteiger partial charge in [0.15, 0.2) is 0 Å². The molecule has 0 unspecified atom stereocenters. The molecule has 0 saturated heterocycles. The van der Waals surface area contributed by atoms with Gasteiger partial charge < -0.3 is 4.74 Å². The standard InChI is InChI=1S/C16H21N5O3S/c1-24-16-5-4-14(8-15(16)21-10-17-19-20-21)25(22,23)18-9-13-7-11-2-3-12(13)6-11/h4-5,8,10-13,18H,2-3,6-7,9H2,1H3/t11-,12-,13+/m0/s1. The third-order valence-corrected chi connectivity index (χ3v) is 6.90. The van der Waals surface area contributed by atoms with E-state index in [4.69, 9.17) is 4.74 Å². The van der Waals surface area contributed by atoms with Gasteiger partial charge in [-0.2, -0.15) is 4.68 Å². The van der Waals surface area contributed by atoms with Crippen molar-refractivity contribution in [2.24, 2.45) is 17.8 Å². The van der Waals surface area contributed by atoms with Crippen LogP contribution in [0.25, 0.3) is 5.69 Å². The molecule has 2 aromatic rings. The number of sulfonamides is 1. The van der Waals surface area contributed by atoms with Crippen molar-refractivity contribution in [2.75, 3.05) is 13.7 Å². The number of ether oxygens (including phenoxy) is 1. The van der Waals surface area contributed by atoms with Crippen molar-refractivity contribution >= 4 is 10.0 Å². The lowest BCUT2D eigenvalue weighted by molar-refractivity contribution is 0.333. The minimum Gasteiger partial charge on any atom is -0.494 e. The molecule has 0 spiro atoms. The van der Waals surface area contributed by atoms with Gasteiger partial charge in [-0.15, -0.1) is 5.10 Å². The highest BCUT2D eigenvalue weighted by molar-refractivity contribution is 7.89. The first kappa shape index (κ1) is 16.5. The minimum atomic E-state index is -3.59. The summed E-state index contributed by atoms with van der Waals surface area (Å²) in [5.41, 5.74) is 0.482. The second kappa shape index (κ2) is 6.38. The molecule has 2 bridgehead atoms. The molecule has 0 aliphatic heterocycles. The first-order valence-corrected chi connectivity index (χ1v) is 9.96. The fraction of sp³-hybridized carbons (Fsp3) is 0.562. The van der Waals surface area contributed by atoms with Crippen LogP contribution < -0.4 is 9.46 Å². The van der Waals surface area contributed by atoms with Crippen molar-refractivity contribution < 1.29 is 13.2 Å². The van der Waals surface area contributed by atoms with Gasteiger partial charge in [-0.05, 0) is 65.6 Å². The maximum absolute atomic E-state index is 12.7. The summed E-state index contributed by atoms with van der Waals surface area (Å²) in [6, 6.07) is 4.68. The lowest BCUT2D eigenvalue weighted by Crippen LogP contribution is -2.31. The van der Waals surface area contributed by atoms with E-state index in [0.717, 1.165) is 12.3 Å². The zero-order valence-electron chi connectivity index (χ0n) is 14.0. The quantitative estimate of drug-likeness (QED) is 0.832. The van der Waals surface area contributed by atoms with Crippen LogP contribution in [0, 0.1) is 17.8 Å². The predicted molar refractivity (Wildman–Crippen MR) is 89.8 cm³/mol. The summed E-state index contributed by atoms with van der Waals surface area (Å²) in [7, 11) is -2.07. The first-order chi connectivity index (χ1) is 12.1. The Morgan fingerprint density at radius 2 is 2.20 bits per heavy atom. The van der Waals surface area contributed by atoms with E-state index in [1.807, 2.05) is 0 Å². The van der Waals surface area contributed by atoms with Gasteiger partial charge >= 0.3 is 0 Å². The number of hydrogen-bond donors (Lipinski definition) is 1. The Morgan fingerprint density at radius 3 is 2.84 bits per heavy atom. The molecule has 1 heterocycles. The highest BCUT2D eigenvalue weighted by Gasteiger charge is 2.39. The Bertz CT molecular complexity index is 853. The van der Waals surface area contributed by atoms with E-state index >= 15 is 0 Å². The molecule has 9 heteroatoms. The van der Waals surface area contributed by atoms with Crippen LogP contribution in [0.1, 0.15) is 25.7 Å². The molecule has 1 aromatic heterocycles. The van der Waals surface area contributed by atoms with Gasteiger partial charge in [-0.25, -0.2) is 13.1 Å².